The summed E-state index contributed by atoms with van der Waals surface area (Å²) in [5.41, 5.74) is 3.08. The lowest BCUT2D eigenvalue weighted by molar-refractivity contribution is -0.0101. The van der Waals surface area contributed by atoms with E-state index in [0.717, 1.165) is 18.6 Å². The molecule has 0 heterocycles. The number of hydrogen-bond donors (Lipinski definition) is 1. The standard InChI is InChI=1S/C19H24O2/c1-19-10-9-15-14-6-4-13(21-2)11-12(14)3-5-16(15)17(19)7-8-18(19)20/h4,6-8,11,15-18,20H,3,5,9-10H2,1-2H3/t15-,16-,17-,18+,19+/m1/s1. The maximum absolute atomic E-state index is 10.3. The van der Waals surface area contributed by atoms with Gasteiger partial charge in [0.15, 0.2) is 0 Å². The normalized spacial score (nSPS) is 40.3. The third-order valence-corrected chi connectivity index (χ3v) is 6.41. The first-order chi connectivity index (χ1) is 10.1. The number of methoxy groups -OCH3 is 1. The van der Waals surface area contributed by atoms with Gasteiger partial charge in [-0.15, -0.1) is 0 Å². The summed E-state index contributed by atoms with van der Waals surface area (Å²) in [6.07, 6.45) is 8.80. The average Bonchev–Trinajstić information content (AvgIpc) is 2.82. The third kappa shape index (κ3) is 1.81. The molecular weight excluding hydrogens is 260 g/mol. The summed E-state index contributed by atoms with van der Waals surface area (Å²) in [6.45, 7) is 2.28. The molecule has 3 aliphatic carbocycles. The molecule has 0 bridgehead atoms. The monoisotopic (exact) mass is 284 g/mol. The van der Waals surface area contributed by atoms with Crippen LogP contribution in [0.1, 0.15) is 43.2 Å². The van der Waals surface area contributed by atoms with Gasteiger partial charge in [-0.25, -0.2) is 0 Å². The van der Waals surface area contributed by atoms with Crippen molar-refractivity contribution in [1.29, 1.82) is 0 Å². The molecular formula is C19H24O2. The fourth-order valence-corrected chi connectivity index (χ4v) is 5.12. The van der Waals surface area contributed by atoms with Crippen LogP contribution in [0, 0.1) is 17.3 Å². The van der Waals surface area contributed by atoms with E-state index in [1.54, 1.807) is 7.11 Å². The second-order valence-corrected chi connectivity index (χ2v) is 7.27. The number of hydrogen-bond acceptors (Lipinski definition) is 2. The number of fused-ring (bicyclic) bond motifs is 5. The second kappa shape index (κ2) is 4.61. The van der Waals surface area contributed by atoms with E-state index in [4.69, 9.17) is 4.74 Å². The van der Waals surface area contributed by atoms with Crippen LogP contribution in [0.4, 0.5) is 0 Å². The van der Waals surface area contributed by atoms with Crippen LogP contribution in [-0.2, 0) is 6.42 Å². The third-order valence-electron chi connectivity index (χ3n) is 6.41. The van der Waals surface area contributed by atoms with Gasteiger partial charge in [0.25, 0.3) is 0 Å². The summed E-state index contributed by atoms with van der Waals surface area (Å²) in [4.78, 5) is 0. The Morgan fingerprint density at radius 3 is 2.90 bits per heavy atom. The molecule has 0 aliphatic heterocycles. The quantitative estimate of drug-likeness (QED) is 0.797. The van der Waals surface area contributed by atoms with Crippen molar-refractivity contribution < 1.29 is 9.84 Å². The van der Waals surface area contributed by atoms with E-state index >= 15 is 0 Å². The van der Waals surface area contributed by atoms with Crippen molar-refractivity contribution in [2.24, 2.45) is 17.3 Å². The van der Waals surface area contributed by atoms with Gasteiger partial charge in [-0.2, -0.15) is 0 Å². The van der Waals surface area contributed by atoms with Crippen molar-refractivity contribution in [2.75, 3.05) is 7.11 Å². The van der Waals surface area contributed by atoms with Gasteiger partial charge in [-0.3, -0.25) is 0 Å². The highest BCUT2D eigenvalue weighted by Gasteiger charge is 2.52. The Hall–Kier alpha value is -1.28. The molecule has 1 aromatic rings. The molecule has 0 amide bonds. The molecule has 112 valence electrons. The van der Waals surface area contributed by atoms with Crippen molar-refractivity contribution in [1.82, 2.24) is 0 Å². The van der Waals surface area contributed by atoms with E-state index in [1.165, 1.54) is 24.0 Å². The summed E-state index contributed by atoms with van der Waals surface area (Å²) in [7, 11) is 1.74. The van der Waals surface area contributed by atoms with Crippen molar-refractivity contribution in [3.63, 3.8) is 0 Å². The van der Waals surface area contributed by atoms with Crippen molar-refractivity contribution >= 4 is 0 Å². The Kier molecular flexibility index (Phi) is 2.94. The largest absolute Gasteiger partial charge is 0.497 e. The molecule has 0 aromatic heterocycles. The first-order valence-corrected chi connectivity index (χ1v) is 8.16. The first kappa shape index (κ1) is 13.4. The average molecular weight is 284 g/mol. The van der Waals surface area contributed by atoms with Crippen LogP contribution >= 0.6 is 0 Å². The van der Waals surface area contributed by atoms with Gasteiger partial charge >= 0.3 is 0 Å². The number of allylic oxidation sites excluding steroid dienone is 1. The highest BCUT2D eigenvalue weighted by molar-refractivity contribution is 5.41. The maximum Gasteiger partial charge on any atom is 0.119 e. The minimum absolute atomic E-state index is 0.0745. The lowest BCUT2D eigenvalue weighted by Crippen LogP contribution is -2.44. The lowest BCUT2D eigenvalue weighted by Gasteiger charge is -2.50. The molecule has 1 fully saturated rings. The summed E-state index contributed by atoms with van der Waals surface area (Å²) in [5, 5.41) is 10.3. The molecule has 1 N–H and O–H groups in total. The van der Waals surface area contributed by atoms with E-state index in [0.29, 0.717) is 17.8 Å². The van der Waals surface area contributed by atoms with Crippen molar-refractivity contribution in [3.8, 4) is 5.75 Å². The molecule has 1 saturated carbocycles. The van der Waals surface area contributed by atoms with Crippen LogP contribution in [0.3, 0.4) is 0 Å². The van der Waals surface area contributed by atoms with E-state index in [1.807, 2.05) is 6.08 Å². The maximum atomic E-state index is 10.3. The summed E-state index contributed by atoms with van der Waals surface area (Å²) in [5.74, 6) is 2.87. The van der Waals surface area contributed by atoms with E-state index < -0.39 is 0 Å². The Bertz CT molecular complexity index is 591. The number of aryl methyl sites for hydroxylation is 1. The Morgan fingerprint density at radius 2 is 2.10 bits per heavy atom. The zero-order chi connectivity index (χ0) is 14.6. The molecule has 0 unspecified atom stereocenters. The SMILES string of the molecule is COc1ccc2c(c1)CC[C@@H]1[C@@H]2CC[C@@]2(C)[C@@H]1C=C[C@@H]2O. The predicted molar refractivity (Wildman–Crippen MR) is 83.5 cm³/mol. The molecule has 3 aliphatic rings. The van der Waals surface area contributed by atoms with Gasteiger partial charge in [0.1, 0.15) is 5.75 Å². The fraction of sp³-hybridized carbons (Fsp3) is 0.579. The van der Waals surface area contributed by atoms with E-state index in [2.05, 4.69) is 31.2 Å². The van der Waals surface area contributed by atoms with Gasteiger partial charge in [0.2, 0.25) is 0 Å². The molecule has 5 atom stereocenters. The molecule has 0 spiro atoms. The van der Waals surface area contributed by atoms with Gasteiger partial charge in [0, 0.05) is 5.41 Å². The topological polar surface area (TPSA) is 29.5 Å². The van der Waals surface area contributed by atoms with Gasteiger partial charge < -0.3 is 9.84 Å². The van der Waals surface area contributed by atoms with E-state index in [-0.39, 0.29) is 11.5 Å². The second-order valence-electron chi connectivity index (χ2n) is 7.27. The van der Waals surface area contributed by atoms with Crippen LogP contribution in [0.25, 0.3) is 0 Å². The van der Waals surface area contributed by atoms with Crippen LogP contribution in [-0.4, -0.2) is 18.3 Å². The molecule has 0 radical (unpaired) electrons. The summed E-state index contributed by atoms with van der Waals surface area (Å²) in [6, 6.07) is 6.61. The van der Waals surface area contributed by atoms with Crippen LogP contribution < -0.4 is 4.74 Å². The zero-order valence-electron chi connectivity index (χ0n) is 12.9. The minimum atomic E-state index is -0.249. The highest BCUT2D eigenvalue weighted by Crippen LogP contribution is 2.58. The molecule has 2 heteroatoms. The van der Waals surface area contributed by atoms with Crippen LogP contribution in [0.15, 0.2) is 30.4 Å². The molecule has 21 heavy (non-hydrogen) atoms. The van der Waals surface area contributed by atoms with Crippen molar-refractivity contribution in [3.05, 3.63) is 41.5 Å². The van der Waals surface area contributed by atoms with Crippen molar-refractivity contribution in [2.45, 2.75) is 44.6 Å². The minimum Gasteiger partial charge on any atom is -0.497 e. The number of ether oxygens (including phenoxy) is 1. The molecule has 0 saturated heterocycles. The molecule has 4 rings (SSSR count). The number of aliphatic hydroxyl groups excluding tert-OH is 1. The van der Waals surface area contributed by atoms with Gasteiger partial charge in [-0.05, 0) is 66.7 Å². The lowest BCUT2D eigenvalue weighted by atomic mass is 9.55. The fourth-order valence-electron chi connectivity index (χ4n) is 5.12. The number of aliphatic hydroxyl groups is 1. The van der Waals surface area contributed by atoms with Crippen LogP contribution in [0.5, 0.6) is 5.75 Å². The van der Waals surface area contributed by atoms with Gasteiger partial charge in [0.05, 0.1) is 13.2 Å². The summed E-state index contributed by atoms with van der Waals surface area (Å²) < 4.78 is 5.37. The number of rotatable bonds is 1. The van der Waals surface area contributed by atoms with Crippen LogP contribution in [0.2, 0.25) is 0 Å². The first-order valence-electron chi connectivity index (χ1n) is 8.16. The molecule has 1 aromatic carbocycles. The van der Waals surface area contributed by atoms with Gasteiger partial charge in [-0.1, -0.05) is 25.1 Å². The zero-order valence-corrected chi connectivity index (χ0v) is 12.9. The molecule has 2 nitrogen and oxygen atoms in total. The smallest absolute Gasteiger partial charge is 0.119 e. The highest BCUT2D eigenvalue weighted by atomic mass is 16.5. The Morgan fingerprint density at radius 1 is 1.24 bits per heavy atom. The Balaban J connectivity index is 1.70. The number of benzene rings is 1. The Labute approximate surface area is 126 Å². The summed E-state index contributed by atoms with van der Waals surface area (Å²) >= 11 is 0. The van der Waals surface area contributed by atoms with E-state index in [9.17, 15) is 5.11 Å². The predicted octanol–water partition coefficient (Wildman–Crippen LogP) is 3.69.